The molecule has 2 aromatic rings. The predicted octanol–water partition coefficient (Wildman–Crippen LogP) is 2.63. The number of carbonyl (C=O) groups excluding carboxylic acids is 1. The van der Waals surface area contributed by atoms with Crippen molar-refractivity contribution in [1.29, 1.82) is 0 Å². The zero-order chi connectivity index (χ0) is 14.5. The summed E-state index contributed by atoms with van der Waals surface area (Å²) in [5.74, 6) is -0.261. The Morgan fingerprint density at radius 1 is 1.40 bits per heavy atom. The van der Waals surface area contributed by atoms with Crippen LogP contribution in [0.3, 0.4) is 0 Å². The summed E-state index contributed by atoms with van der Waals surface area (Å²) in [5, 5.41) is 20.2. The second-order valence-electron chi connectivity index (χ2n) is 4.05. The molecule has 0 saturated heterocycles. The quantitative estimate of drug-likeness (QED) is 0.655. The maximum atomic E-state index is 12.0. The molecule has 0 saturated carbocycles. The Bertz CT molecular complexity index is 626. The smallest absolute Gasteiger partial charge is 0.292 e. The topological polar surface area (TPSA) is 84.3 Å². The van der Waals surface area contributed by atoms with Gasteiger partial charge in [0.1, 0.15) is 5.69 Å². The van der Waals surface area contributed by atoms with E-state index in [2.05, 4.69) is 10.6 Å². The van der Waals surface area contributed by atoms with Gasteiger partial charge in [0.25, 0.3) is 11.6 Å². The van der Waals surface area contributed by atoms with E-state index in [1.165, 1.54) is 18.2 Å². The molecule has 1 amide bonds. The molecule has 0 aliphatic rings. The molecule has 0 aliphatic carbocycles. The summed E-state index contributed by atoms with van der Waals surface area (Å²) in [4.78, 5) is 22.3. The van der Waals surface area contributed by atoms with Gasteiger partial charge in [-0.1, -0.05) is 0 Å². The van der Waals surface area contributed by atoms with Gasteiger partial charge in [-0.2, -0.15) is 11.3 Å². The van der Waals surface area contributed by atoms with Crippen molar-refractivity contribution < 1.29 is 9.72 Å². The van der Waals surface area contributed by atoms with Gasteiger partial charge >= 0.3 is 0 Å². The summed E-state index contributed by atoms with van der Waals surface area (Å²) in [7, 11) is 1.58. The Balaban J connectivity index is 2.12. The van der Waals surface area contributed by atoms with Gasteiger partial charge in [-0.25, -0.2) is 0 Å². The lowest BCUT2D eigenvalue weighted by atomic mass is 10.1. The Kier molecular flexibility index (Phi) is 4.31. The predicted molar refractivity (Wildman–Crippen MR) is 78.1 cm³/mol. The molecule has 2 rings (SSSR count). The normalized spacial score (nSPS) is 10.1. The van der Waals surface area contributed by atoms with E-state index in [0.29, 0.717) is 17.8 Å². The van der Waals surface area contributed by atoms with Crippen molar-refractivity contribution in [3.63, 3.8) is 0 Å². The molecule has 0 radical (unpaired) electrons. The molecule has 0 fully saturated rings. The molecule has 0 aliphatic heterocycles. The highest BCUT2D eigenvalue weighted by Gasteiger charge is 2.15. The molecule has 6 nitrogen and oxygen atoms in total. The first-order valence-electron chi connectivity index (χ1n) is 5.87. The summed E-state index contributed by atoms with van der Waals surface area (Å²) < 4.78 is 0. The molecule has 20 heavy (non-hydrogen) atoms. The van der Waals surface area contributed by atoms with Crippen LogP contribution in [0.25, 0.3) is 0 Å². The monoisotopic (exact) mass is 291 g/mol. The van der Waals surface area contributed by atoms with Crippen LogP contribution >= 0.6 is 11.3 Å². The Morgan fingerprint density at radius 3 is 2.80 bits per heavy atom. The number of hydrogen-bond donors (Lipinski definition) is 2. The van der Waals surface area contributed by atoms with Gasteiger partial charge in [0.15, 0.2) is 0 Å². The number of benzene rings is 1. The second-order valence-corrected chi connectivity index (χ2v) is 4.83. The van der Waals surface area contributed by atoms with E-state index in [0.717, 1.165) is 5.56 Å². The Morgan fingerprint density at radius 2 is 2.20 bits per heavy atom. The first-order chi connectivity index (χ1) is 9.61. The van der Waals surface area contributed by atoms with Crippen LogP contribution in [-0.4, -0.2) is 17.9 Å². The second kappa shape index (κ2) is 6.16. The van der Waals surface area contributed by atoms with Crippen molar-refractivity contribution in [2.45, 2.75) is 6.54 Å². The third-order valence-corrected chi connectivity index (χ3v) is 3.49. The molecule has 0 unspecified atom stereocenters. The molecular formula is C13H13N3O3S. The number of anilines is 1. The van der Waals surface area contributed by atoms with E-state index < -0.39 is 4.92 Å². The number of carbonyl (C=O) groups is 1. The van der Waals surface area contributed by atoms with Crippen LogP contribution in [0.2, 0.25) is 0 Å². The SMILES string of the molecule is CNc1cc(C(=O)NCc2ccsc2)ccc1[N+](=O)[O-]. The lowest BCUT2D eigenvalue weighted by molar-refractivity contribution is -0.383. The number of nitrogens with one attached hydrogen (secondary N) is 2. The number of hydrogen-bond acceptors (Lipinski definition) is 5. The summed E-state index contributed by atoms with van der Waals surface area (Å²) in [5.41, 5.74) is 1.68. The number of nitro benzene ring substituents is 1. The summed E-state index contributed by atoms with van der Waals surface area (Å²) in [6.07, 6.45) is 0. The molecule has 1 aromatic heterocycles. The van der Waals surface area contributed by atoms with E-state index in [4.69, 9.17) is 0 Å². The zero-order valence-electron chi connectivity index (χ0n) is 10.8. The van der Waals surface area contributed by atoms with Crippen molar-refractivity contribution in [3.8, 4) is 0 Å². The van der Waals surface area contributed by atoms with Crippen LogP contribution in [0.1, 0.15) is 15.9 Å². The van der Waals surface area contributed by atoms with Crippen molar-refractivity contribution in [3.05, 3.63) is 56.3 Å². The largest absolute Gasteiger partial charge is 0.383 e. The fraction of sp³-hybridized carbons (Fsp3) is 0.154. The number of nitro groups is 1. The van der Waals surface area contributed by atoms with Crippen LogP contribution < -0.4 is 10.6 Å². The lowest BCUT2D eigenvalue weighted by Gasteiger charge is -2.07. The average molecular weight is 291 g/mol. The molecule has 104 valence electrons. The van der Waals surface area contributed by atoms with E-state index >= 15 is 0 Å². The standard InChI is InChI=1S/C13H13N3O3S/c1-14-11-6-10(2-3-12(11)16(18)19)13(17)15-7-9-4-5-20-8-9/h2-6,8,14H,7H2,1H3,(H,15,17). The first-order valence-corrected chi connectivity index (χ1v) is 6.81. The van der Waals surface area contributed by atoms with Gasteiger partial charge in [-0.15, -0.1) is 0 Å². The highest BCUT2D eigenvalue weighted by atomic mass is 32.1. The van der Waals surface area contributed by atoms with Gasteiger partial charge in [0.2, 0.25) is 0 Å². The highest BCUT2D eigenvalue weighted by molar-refractivity contribution is 7.07. The van der Waals surface area contributed by atoms with Gasteiger partial charge in [0.05, 0.1) is 4.92 Å². The van der Waals surface area contributed by atoms with Gasteiger partial charge in [-0.3, -0.25) is 14.9 Å². The van der Waals surface area contributed by atoms with Crippen molar-refractivity contribution in [2.75, 3.05) is 12.4 Å². The fourth-order valence-corrected chi connectivity index (χ4v) is 2.38. The maximum absolute atomic E-state index is 12.0. The first kappa shape index (κ1) is 14.0. The maximum Gasteiger partial charge on any atom is 0.292 e. The van der Waals surface area contributed by atoms with Gasteiger partial charge in [0, 0.05) is 25.2 Å². The highest BCUT2D eigenvalue weighted by Crippen LogP contribution is 2.24. The molecule has 7 heteroatoms. The zero-order valence-corrected chi connectivity index (χ0v) is 11.6. The number of thiophene rings is 1. The van der Waals surface area contributed by atoms with Crippen molar-refractivity contribution >= 4 is 28.6 Å². The van der Waals surface area contributed by atoms with Crippen LogP contribution in [0, 0.1) is 10.1 Å². The average Bonchev–Trinajstić information content (AvgIpc) is 2.97. The van der Waals surface area contributed by atoms with Gasteiger partial charge in [-0.05, 0) is 34.5 Å². The minimum atomic E-state index is -0.487. The Hall–Kier alpha value is -2.41. The molecule has 1 heterocycles. The van der Waals surface area contributed by atoms with E-state index in [1.807, 2.05) is 16.8 Å². The van der Waals surface area contributed by atoms with Crippen LogP contribution in [0.15, 0.2) is 35.0 Å². The van der Waals surface area contributed by atoms with Crippen LogP contribution in [0.5, 0.6) is 0 Å². The molecule has 2 N–H and O–H groups in total. The minimum absolute atomic E-state index is 0.0538. The number of rotatable bonds is 5. The lowest BCUT2D eigenvalue weighted by Crippen LogP contribution is -2.22. The third-order valence-electron chi connectivity index (χ3n) is 2.76. The van der Waals surface area contributed by atoms with E-state index in [9.17, 15) is 14.9 Å². The summed E-state index contributed by atoms with van der Waals surface area (Å²) >= 11 is 1.56. The molecular weight excluding hydrogens is 278 g/mol. The molecule has 0 bridgehead atoms. The van der Waals surface area contributed by atoms with Crippen LogP contribution in [-0.2, 0) is 6.54 Å². The minimum Gasteiger partial charge on any atom is -0.383 e. The van der Waals surface area contributed by atoms with Crippen molar-refractivity contribution in [2.24, 2.45) is 0 Å². The van der Waals surface area contributed by atoms with Gasteiger partial charge < -0.3 is 10.6 Å². The third kappa shape index (κ3) is 3.12. The Labute approximate surface area is 119 Å². The molecule has 1 aromatic carbocycles. The van der Waals surface area contributed by atoms with E-state index in [-0.39, 0.29) is 11.6 Å². The molecule has 0 atom stereocenters. The van der Waals surface area contributed by atoms with Crippen molar-refractivity contribution in [1.82, 2.24) is 5.32 Å². The number of nitrogens with zero attached hydrogens (tertiary/aromatic N) is 1. The summed E-state index contributed by atoms with van der Waals surface area (Å²) in [6.45, 7) is 0.439. The summed E-state index contributed by atoms with van der Waals surface area (Å²) in [6, 6.07) is 6.17. The van der Waals surface area contributed by atoms with Crippen LogP contribution in [0.4, 0.5) is 11.4 Å². The molecule has 0 spiro atoms. The fourth-order valence-electron chi connectivity index (χ4n) is 1.71. The number of amides is 1. The van der Waals surface area contributed by atoms with E-state index in [1.54, 1.807) is 18.4 Å².